The highest BCUT2D eigenvalue weighted by Gasteiger charge is 2.50. The van der Waals surface area contributed by atoms with Crippen LogP contribution in [0.25, 0.3) is 0 Å². The molecule has 2 aromatic rings. The summed E-state index contributed by atoms with van der Waals surface area (Å²) in [6, 6.07) is 9.04. The van der Waals surface area contributed by atoms with Crippen molar-refractivity contribution in [3.05, 3.63) is 65.2 Å². The number of nitrogens with one attached hydrogen (secondary N) is 1. The minimum atomic E-state index is -1.66. The van der Waals surface area contributed by atoms with Gasteiger partial charge in [-0.05, 0) is 42.8 Å². The molecule has 0 aliphatic carbocycles. The summed E-state index contributed by atoms with van der Waals surface area (Å²) in [6.45, 7) is 1.35. The maximum absolute atomic E-state index is 14.1. The predicted octanol–water partition coefficient (Wildman–Crippen LogP) is 2.94. The van der Waals surface area contributed by atoms with E-state index in [0.717, 1.165) is 23.1 Å². The van der Waals surface area contributed by atoms with Gasteiger partial charge in [0.15, 0.2) is 0 Å². The summed E-state index contributed by atoms with van der Waals surface area (Å²) in [6.07, 6.45) is 0. The number of hydrogen-bond donors (Lipinski definition) is 1. The fourth-order valence-corrected chi connectivity index (χ4v) is 2.86. The quantitative estimate of drug-likeness (QED) is 0.866. The summed E-state index contributed by atoms with van der Waals surface area (Å²) >= 11 is 0. The number of urea groups is 1. The fraction of sp³-hybridized carbons (Fsp3) is 0.222. The fourth-order valence-electron chi connectivity index (χ4n) is 2.86. The highest BCUT2D eigenvalue weighted by molar-refractivity contribution is 6.07. The molecule has 25 heavy (non-hydrogen) atoms. The molecule has 0 saturated carbocycles. The lowest BCUT2D eigenvalue weighted by Crippen LogP contribution is -2.41. The number of amides is 3. The first-order valence-electron chi connectivity index (χ1n) is 7.57. The molecule has 0 spiro atoms. The second-order valence-electron chi connectivity index (χ2n) is 5.92. The number of imide groups is 1. The van der Waals surface area contributed by atoms with E-state index in [1.54, 1.807) is 24.3 Å². The van der Waals surface area contributed by atoms with E-state index in [9.17, 15) is 18.4 Å². The van der Waals surface area contributed by atoms with Crippen LogP contribution in [0.5, 0.6) is 5.75 Å². The number of hydrogen-bond acceptors (Lipinski definition) is 3. The van der Waals surface area contributed by atoms with Crippen molar-refractivity contribution >= 4 is 11.9 Å². The van der Waals surface area contributed by atoms with Gasteiger partial charge in [0.1, 0.15) is 22.9 Å². The third-order valence-electron chi connectivity index (χ3n) is 4.22. The summed E-state index contributed by atoms with van der Waals surface area (Å²) in [5.74, 6) is -1.51. The van der Waals surface area contributed by atoms with E-state index in [4.69, 9.17) is 4.74 Å². The minimum Gasteiger partial charge on any atom is -0.497 e. The molecule has 1 fully saturated rings. The van der Waals surface area contributed by atoms with Crippen molar-refractivity contribution in [1.82, 2.24) is 10.2 Å². The molecule has 7 heteroatoms. The molecule has 0 aromatic heterocycles. The Morgan fingerprint density at radius 3 is 2.64 bits per heavy atom. The van der Waals surface area contributed by atoms with E-state index in [1.165, 1.54) is 14.0 Å². The van der Waals surface area contributed by atoms with Crippen molar-refractivity contribution < 1.29 is 23.1 Å². The lowest BCUT2D eigenvalue weighted by Gasteiger charge is -2.23. The Hall–Kier alpha value is -2.96. The van der Waals surface area contributed by atoms with Crippen LogP contribution < -0.4 is 10.1 Å². The summed E-state index contributed by atoms with van der Waals surface area (Å²) in [7, 11) is 1.51. The first-order valence-corrected chi connectivity index (χ1v) is 7.57. The van der Waals surface area contributed by atoms with Crippen molar-refractivity contribution in [2.75, 3.05) is 7.11 Å². The molecule has 0 radical (unpaired) electrons. The Morgan fingerprint density at radius 1 is 1.16 bits per heavy atom. The number of carbonyl (C=O) groups is 2. The van der Waals surface area contributed by atoms with Crippen LogP contribution in [0.15, 0.2) is 42.5 Å². The molecule has 2 aromatic carbocycles. The van der Waals surface area contributed by atoms with E-state index in [-0.39, 0.29) is 12.1 Å². The lowest BCUT2D eigenvalue weighted by molar-refractivity contribution is -0.131. The molecule has 0 bridgehead atoms. The van der Waals surface area contributed by atoms with Crippen molar-refractivity contribution in [2.45, 2.75) is 19.0 Å². The van der Waals surface area contributed by atoms with Crippen LogP contribution in [-0.4, -0.2) is 23.9 Å². The van der Waals surface area contributed by atoms with Crippen molar-refractivity contribution in [3.63, 3.8) is 0 Å². The Kier molecular flexibility index (Phi) is 4.16. The molecular weight excluding hydrogens is 330 g/mol. The van der Waals surface area contributed by atoms with Crippen LogP contribution in [0.4, 0.5) is 13.6 Å². The van der Waals surface area contributed by atoms with Crippen LogP contribution in [0.2, 0.25) is 0 Å². The number of methoxy groups -OCH3 is 1. The highest BCUT2D eigenvalue weighted by atomic mass is 19.1. The zero-order valence-electron chi connectivity index (χ0n) is 13.7. The van der Waals surface area contributed by atoms with E-state index >= 15 is 0 Å². The average molecular weight is 346 g/mol. The highest BCUT2D eigenvalue weighted by Crippen LogP contribution is 2.32. The zero-order valence-corrected chi connectivity index (χ0v) is 13.7. The molecule has 5 nitrogen and oxygen atoms in total. The van der Waals surface area contributed by atoms with Gasteiger partial charge in [0, 0.05) is 5.56 Å². The number of nitrogens with zero attached hydrogens (tertiary/aromatic N) is 1. The summed E-state index contributed by atoms with van der Waals surface area (Å²) in [4.78, 5) is 26.0. The van der Waals surface area contributed by atoms with Crippen molar-refractivity contribution in [1.29, 1.82) is 0 Å². The molecule has 1 atom stereocenters. The number of ether oxygens (including phenoxy) is 1. The van der Waals surface area contributed by atoms with Crippen LogP contribution in [0.1, 0.15) is 18.1 Å². The van der Waals surface area contributed by atoms with Gasteiger partial charge >= 0.3 is 6.03 Å². The van der Waals surface area contributed by atoms with Crippen LogP contribution in [-0.2, 0) is 16.9 Å². The summed E-state index contributed by atoms with van der Waals surface area (Å²) < 4.78 is 32.7. The van der Waals surface area contributed by atoms with Gasteiger partial charge in [0.2, 0.25) is 0 Å². The van der Waals surface area contributed by atoms with Gasteiger partial charge in [-0.25, -0.2) is 13.6 Å². The summed E-state index contributed by atoms with van der Waals surface area (Å²) in [5.41, 5.74) is -1.20. The van der Waals surface area contributed by atoms with Gasteiger partial charge < -0.3 is 10.1 Å². The van der Waals surface area contributed by atoms with Gasteiger partial charge in [-0.15, -0.1) is 0 Å². The van der Waals surface area contributed by atoms with E-state index in [1.807, 2.05) is 0 Å². The van der Waals surface area contributed by atoms with Crippen LogP contribution in [0.3, 0.4) is 0 Å². The second-order valence-corrected chi connectivity index (χ2v) is 5.92. The topological polar surface area (TPSA) is 58.6 Å². The smallest absolute Gasteiger partial charge is 0.325 e. The summed E-state index contributed by atoms with van der Waals surface area (Å²) in [5, 5.41) is 2.46. The molecule has 1 aliphatic rings. The third kappa shape index (κ3) is 2.93. The minimum absolute atomic E-state index is 0.00556. The molecule has 1 heterocycles. The molecule has 3 rings (SSSR count). The first kappa shape index (κ1) is 16.9. The first-order chi connectivity index (χ1) is 11.8. The molecule has 1 saturated heterocycles. The Bertz CT molecular complexity index is 856. The van der Waals surface area contributed by atoms with Gasteiger partial charge in [-0.3, -0.25) is 9.69 Å². The normalized spacial score (nSPS) is 19.9. The molecule has 3 amide bonds. The van der Waals surface area contributed by atoms with Crippen molar-refractivity contribution in [2.24, 2.45) is 0 Å². The SMILES string of the molecule is COc1cccc(CN2C(=O)N[C@](C)(c3cc(F)ccc3F)C2=O)c1. The number of carbonyl (C=O) groups excluding carboxylic acids is 2. The largest absolute Gasteiger partial charge is 0.497 e. The van der Waals surface area contributed by atoms with E-state index in [0.29, 0.717) is 11.3 Å². The maximum Gasteiger partial charge on any atom is 0.325 e. The third-order valence-corrected chi connectivity index (χ3v) is 4.22. The Balaban J connectivity index is 1.92. The van der Waals surface area contributed by atoms with Gasteiger partial charge in [-0.1, -0.05) is 12.1 Å². The standard InChI is InChI=1S/C18H16F2N2O3/c1-18(14-9-12(19)6-7-15(14)20)16(23)22(17(24)21-18)10-11-4-3-5-13(8-11)25-2/h3-9H,10H2,1-2H3,(H,21,24)/t18-/m1/s1. The van der Waals surface area contributed by atoms with Crippen LogP contribution >= 0.6 is 0 Å². The molecular formula is C18H16F2N2O3. The monoisotopic (exact) mass is 346 g/mol. The molecule has 130 valence electrons. The van der Waals surface area contributed by atoms with Crippen molar-refractivity contribution in [3.8, 4) is 5.75 Å². The second kappa shape index (κ2) is 6.16. The zero-order chi connectivity index (χ0) is 18.2. The Labute approximate surface area is 143 Å². The average Bonchev–Trinajstić information content (AvgIpc) is 2.81. The maximum atomic E-state index is 14.1. The number of benzene rings is 2. The number of rotatable bonds is 4. The van der Waals surface area contributed by atoms with Gasteiger partial charge in [0.25, 0.3) is 5.91 Å². The lowest BCUT2D eigenvalue weighted by atomic mass is 9.91. The van der Waals surface area contributed by atoms with Crippen LogP contribution in [0, 0.1) is 11.6 Å². The molecule has 1 N–H and O–H groups in total. The molecule has 1 aliphatic heterocycles. The Morgan fingerprint density at radius 2 is 1.92 bits per heavy atom. The van der Waals surface area contributed by atoms with E-state index in [2.05, 4.69) is 5.32 Å². The predicted molar refractivity (Wildman–Crippen MR) is 85.8 cm³/mol. The van der Waals surface area contributed by atoms with Gasteiger partial charge in [-0.2, -0.15) is 0 Å². The number of halogens is 2. The van der Waals surface area contributed by atoms with Gasteiger partial charge in [0.05, 0.1) is 13.7 Å². The molecule has 0 unspecified atom stereocenters. The van der Waals surface area contributed by atoms with E-state index < -0.39 is 29.1 Å².